The third-order valence-electron chi connectivity index (χ3n) is 3.26. The molecule has 0 fully saturated rings. The van der Waals surface area contributed by atoms with Crippen molar-refractivity contribution >= 4 is 23.2 Å². The van der Waals surface area contributed by atoms with Crippen LogP contribution in [-0.4, -0.2) is 11.8 Å². The van der Waals surface area contributed by atoms with Crippen LogP contribution in [0.15, 0.2) is 42.5 Å². The van der Waals surface area contributed by atoms with Gasteiger partial charge in [-0.2, -0.15) is 0 Å². The van der Waals surface area contributed by atoms with Crippen LogP contribution in [0.4, 0.5) is 11.4 Å². The highest BCUT2D eigenvalue weighted by Gasteiger charge is 2.09. The first-order valence-electron chi connectivity index (χ1n) is 6.98. The van der Waals surface area contributed by atoms with Crippen molar-refractivity contribution in [3.05, 3.63) is 59.2 Å². The molecule has 0 atom stereocenters. The molecule has 4 N–H and O–H groups in total. The molecule has 5 nitrogen and oxygen atoms in total. The van der Waals surface area contributed by atoms with Crippen LogP contribution in [0.25, 0.3) is 0 Å². The minimum atomic E-state index is -0.202. The zero-order valence-corrected chi connectivity index (χ0v) is 12.6. The molecule has 0 saturated carbocycles. The Bertz CT molecular complexity index is 694. The molecule has 5 heteroatoms. The lowest BCUT2D eigenvalue weighted by molar-refractivity contribution is -0.114. The standard InChI is InChI=1S/C17H19N3O2/c1-11-3-8-15(19-12(2)21)9-16(11)20-17(22)14-6-4-13(10-18)5-7-14/h3-9H,10,18H2,1-2H3,(H,19,21)(H,20,22). The van der Waals surface area contributed by atoms with Gasteiger partial charge in [-0.05, 0) is 42.3 Å². The number of anilines is 2. The highest BCUT2D eigenvalue weighted by Crippen LogP contribution is 2.21. The van der Waals surface area contributed by atoms with E-state index in [0.717, 1.165) is 11.1 Å². The number of hydrogen-bond donors (Lipinski definition) is 3. The molecule has 0 radical (unpaired) electrons. The van der Waals surface area contributed by atoms with Gasteiger partial charge in [-0.3, -0.25) is 9.59 Å². The quantitative estimate of drug-likeness (QED) is 0.811. The zero-order valence-electron chi connectivity index (χ0n) is 12.6. The van der Waals surface area contributed by atoms with E-state index < -0.39 is 0 Å². The molecule has 114 valence electrons. The van der Waals surface area contributed by atoms with E-state index in [9.17, 15) is 9.59 Å². The van der Waals surface area contributed by atoms with Gasteiger partial charge in [0.15, 0.2) is 0 Å². The summed E-state index contributed by atoms with van der Waals surface area (Å²) in [5.41, 5.74) is 9.30. The number of hydrogen-bond acceptors (Lipinski definition) is 3. The molecule has 2 amide bonds. The third kappa shape index (κ3) is 3.93. The fourth-order valence-corrected chi connectivity index (χ4v) is 2.02. The molecule has 2 aromatic carbocycles. The Labute approximate surface area is 129 Å². The first-order chi connectivity index (χ1) is 10.5. The maximum absolute atomic E-state index is 12.3. The second kappa shape index (κ2) is 6.87. The fourth-order valence-electron chi connectivity index (χ4n) is 2.02. The van der Waals surface area contributed by atoms with Gasteiger partial charge < -0.3 is 16.4 Å². The Morgan fingerprint density at radius 3 is 2.32 bits per heavy atom. The number of nitrogens with two attached hydrogens (primary N) is 1. The highest BCUT2D eigenvalue weighted by molar-refractivity contribution is 6.05. The van der Waals surface area contributed by atoms with Crippen LogP contribution < -0.4 is 16.4 Å². The van der Waals surface area contributed by atoms with Gasteiger partial charge in [-0.15, -0.1) is 0 Å². The third-order valence-corrected chi connectivity index (χ3v) is 3.26. The van der Waals surface area contributed by atoms with Gasteiger partial charge in [-0.1, -0.05) is 18.2 Å². The van der Waals surface area contributed by atoms with Gasteiger partial charge in [0.05, 0.1) is 0 Å². The maximum Gasteiger partial charge on any atom is 0.255 e. The topological polar surface area (TPSA) is 84.2 Å². The lowest BCUT2D eigenvalue weighted by Gasteiger charge is -2.11. The number of amides is 2. The van der Waals surface area contributed by atoms with E-state index in [1.165, 1.54) is 6.92 Å². The summed E-state index contributed by atoms with van der Waals surface area (Å²) in [6, 6.07) is 12.5. The lowest BCUT2D eigenvalue weighted by Crippen LogP contribution is -2.13. The first kappa shape index (κ1) is 15.7. The molecular formula is C17H19N3O2. The van der Waals surface area contributed by atoms with E-state index in [2.05, 4.69) is 10.6 Å². The Morgan fingerprint density at radius 2 is 1.73 bits per heavy atom. The molecule has 0 aliphatic rings. The van der Waals surface area contributed by atoms with Crippen molar-refractivity contribution in [3.63, 3.8) is 0 Å². The second-order valence-corrected chi connectivity index (χ2v) is 5.07. The summed E-state index contributed by atoms with van der Waals surface area (Å²) in [5.74, 6) is -0.356. The SMILES string of the molecule is CC(=O)Nc1ccc(C)c(NC(=O)c2ccc(CN)cc2)c1. The fraction of sp³-hybridized carbons (Fsp3) is 0.176. The van der Waals surface area contributed by atoms with E-state index in [0.29, 0.717) is 23.5 Å². The Kier molecular flexibility index (Phi) is 4.91. The summed E-state index contributed by atoms with van der Waals surface area (Å²) in [5, 5.41) is 5.55. The van der Waals surface area contributed by atoms with Crippen molar-refractivity contribution in [1.29, 1.82) is 0 Å². The van der Waals surface area contributed by atoms with Crippen LogP contribution in [0, 0.1) is 6.92 Å². The molecule has 0 spiro atoms. The molecular weight excluding hydrogens is 278 g/mol. The molecule has 0 aliphatic carbocycles. The molecule has 2 aromatic rings. The van der Waals surface area contributed by atoms with Gasteiger partial charge in [0.25, 0.3) is 5.91 Å². The molecule has 22 heavy (non-hydrogen) atoms. The summed E-state index contributed by atoms with van der Waals surface area (Å²) in [7, 11) is 0. The Morgan fingerprint density at radius 1 is 1.05 bits per heavy atom. The lowest BCUT2D eigenvalue weighted by atomic mass is 10.1. The average molecular weight is 297 g/mol. The zero-order chi connectivity index (χ0) is 16.1. The predicted molar refractivity (Wildman–Crippen MR) is 87.8 cm³/mol. The number of carbonyl (C=O) groups is 2. The molecule has 0 aliphatic heterocycles. The van der Waals surface area contributed by atoms with Crippen molar-refractivity contribution in [2.45, 2.75) is 20.4 Å². The second-order valence-electron chi connectivity index (χ2n) is 5.07. The molecule has 0 bridgehead atoms. The van der Waals surface area contributed by atoms with Crippen LogP contribution in [0.5, 0.6) is 0 Å². The maximum atomic E-state index is 12.3. The van der Waals surface area contributed by atoms with E-state index in [1.54, 1.807) is 24.3 Å². The van der Waals surface area contributed by atoms with Crippen molar-refractivity contribution in [2.24, 2.45) is 5.73 Å². The number of aryl methyl sites for hydroxylation is 1. The molecule has 0 saturated heterocycles. The predicted octanol–water partition coefficient (Wildman–Crippen LogP) is 2.66. The van der Waals surface area contributed by atoms with Crippen molar-refractivity contribution in [1.82, 2.24) is 0 Å². The summed E-state index contributed by atoms with van der Waals surface area (Å²) in [6.07, 6.45) is 0. The van der Waals surface area contributed by atoms with E-state index in [1.807, 2.05) is 25.1 Å². The molecule has 0 aromatic heterocycles. The van der Waals surface area contributed by atoms with Crippen LogP contribution >= 0.6 is 0 Å². The van der Waals surface area contributed by atoms with E-state index in [4.69, 9.17) is 5.73 Å². The smallest absolute Gasteiger partial charge is 0.255 e. The summed E-state index contributed by atoms with van der Waals surface area (Å²) < 4.78 is 0. The first-order valence-corrected chi connectivity index (χ1v) is 6.98. The molecule has 0 unspecified atom stereocenters. The van der Waals surface area contributed by atoms with Crippen molar-refractivity contribution in [2.75, 3.05) is 10.6 Å². The number of rotatable bonds is 4. The van der Waals surface area contributed by atoms with E-state index in [-0.39, 0.29) is 11.8 Å². The van der Waals surface area contributed by atoms with Crippen LogP contribution in [0.1, 0.15) is 28.4 Å². The van der Waals surface area contributed by atoms with Crippen LogP contribution in [0.2, 0.25) is 0 Å². The highest BCUT2D eigenvalue weighted by atomic mass is 16.2. The number of nitrogens with one attached hydrogen (secondary N) is 2. The molecule has 0 heterocycles. The monoisotopic (exact) mass is 297 g/mol. The summed E-state index contributed by atoms with van der Waals surface area (Å²) >= 11 is 0. The van der Waals surface area contributed by atoms with Gasteiger partial charge in [0.2, 0.25) is 5.91 Å². The summed E-state index contributed by atoms with van der Waals surface area (Å²) in [6.45, 7) is 3.78. The molecule has 2 rings (SSSR count). The van der Waals surface area contributed by atoms with Gasteiger partial charge in [-0.25, -0.2) is 0 Å². The largest absolute Gasteiger partial charge is 0.326 e. The van der Waals surface area contributed by atoms with Gasteiger partial charge in [0.1, 0.15) is 0 Å². The minimum absolute atomic E-state index is 0.154. The van der Waals surface area contributed by atoms with Gasteiger partial charge in [0, 0.05) is 30.4 Å². The summed E-state index contributed by atoms with van der Waals surface area (Å²) in [4.78, 5) is 23.4. The Balaban J connectivity index is 2.17. The average Bonchev–Trinajstić information content (AvgIpc) is 2.50. The normalized spacial score (nSPS) is 10.1. The number of benzene rings is 2. The van der Waals surface area contributed by atoms with E-state index >= 15 is 0 Å². The van der Waals surface area contributed by atoms with Crippen LogP contribution in [-0.2, 0) is 11.3 Å². The Hall–Kier alpha value is -2.66. The minimum Gasteiger partial charge on any atom is -0.326 e. The van der Waals surface area contributed by atoms with Crippen molar-refractivity contribution < 1.29 is 9.59 Å². The number of carbonyl (C=O) groups excluding carboxylic acids is 2. The van der Waals surface area contributed by atoms with Crippen molar-refractivity contribution in [3.8, 4) is 0 Å². The van der Waals surface area contributed by atoms with Gasteiger partial charge >= 0.3 is 0 Å². The van der Waals surface area contributed by atoms with Crippen LogP contribution in [0.3, 0.4) is 0 Å².